The van der Waals surface area contributed by atoms with E-state index < -0.39 is 12.1 Å². The van der Waals surface area contributed by atoms with Gasteiger partial charge in [-0.3, -0.25) is 4.79 Å². The van der Waals surface area contributed by atoms with E-state index >= 15 is 0 Å². The highest BCUT2D eigenvalue weighted by Gasteiger charge is 2.30. The Morgan fingerprint density at radius 2 is 2.15 bits per heavy atom. The van der Waals surface area contributed by atoms with Crippen LogP contribution in [0.15, 0.2) is 41.8 Å². The predicted molar refractivity (Wildman–Crippen MR) is 106 cm³/mol. The molecule has 3 aromatic rings. The Morgan fingerprint density at radius 1 is 1.30 bits per heavy atom. The molecule has 1 aliphatic rings. The standard InChI is InChI=1S/C20H18N2O3S2/c1-12-22-16(11-26-12)18-7-6-14(27-18)8-9-21-19(23)17-10-13-4-2-3-5-15(13)20(24)25-17/h2-7,11,17H,8-10H2,1H3,(H,21,23)/t17-/m1/s1. The zero-order valence-electron chi connectivity index (χ0n) is 14.7. The van der Waals surface area contributed by atoms with Crippen molar-refractivity contribution < 1.29 is 14.3 Å². The molecule has 1 aliphatic heterocycles. The van der Waals surface area contributed by atoms with Crippen LogP contribution in [0.1, 0.15) is 25.8 Å². The van der Waals surface area contributed by atoms with Crippen LogP contribution in [0.25, 0.3) is 10.6 Å². The summed E-state index contributed by atoms with van der Waals surface area (Å²) in [5, 5.41) is 5.99. The Hall–Kier alpha value is -2.51. The van der Waals surface area contributed by atoms with Crippen molar-refractivity contribution in [1.29, 1.82) is 0 Å². The first-order chi connectivity index (χ1) is 13.1. The average molecular weight is 399 g/mol. The molecule has 4 rings (SSSR count). The van der Waals surface area contributed by atoms with Crippen LogP contribution in [0.2, 0.25) is 0 Å². The molecule has 0 fully saturated rings. The number of carbonyl (C=O) groups is 2. The molecule has 0 spiro atoms. The molecule has 5 nitrogen and oxygen atoms in total. The van der Waals surface area contributed by atoms with E-state index in [2.05, 4.69) is 27.8 Å². The Balaban J connectivity index is 1.31. The molecule has 0 aliphatic carbocycles. The first kappa shape index (κ1) is 17.9. The lowest BCUT2D eigenvalue weighted by molar-refractivity contribution is -0.130. The number of amides is 1. The largest absolute Gasteiger partial charge is 0.448 e. The van der Waals surface area contributed by atoms with E-state index in [9.17, 15) is 9.59 Å². The number of hydrogen-bond donors (Lipinski definition) is 1. The summed E-state index contributed by atoms with van der Waals surface area (Å²) >= 11 is 3.32. The van der Waals surface area contributed by atoms with Gasteiger partial charge in [0.25, 0.3) is 5.91 Å². The van der Waals surface area contributed by atoms with E-state index in [1.807, 2.05) is 19.1 Å². The van der Waals surface area contributed by atoms with Gasteiger partial charge in [-0.05, 0) is 37.1 Å². The quantitative estimate of drug-likeness (QED) is 0.667. The summed E-state index contributed by atoms with van der Waals surface area (Å²) < 4.78 is 5.29. The Labute approximate surface area is 165 Å². The number of thiophene rings is 1. The fourth-order valence-corrected chi connectivity index (χ4v) is 4.68. The van der Waals surface area contributed by atoms with Gasteiger partial charge in [0.15, 0.2) is 6.10 Å². The number of carbonyl (C=O) groups excluding carboxylic acids is 2. The van der Waals surface area contributed by atoms with E-state index in [1.165, 1.54) is 4.88 Å². The van der Waals surface area contributed by atoms with E-state index in [0.717, 1.165) is 27.6 Å². The van der Waals surface area contributed by atoms with Gasteiger partial charge in [-0.2, -0.15) is 0 Å². The average Bonchev–Trinajstić information content (AvgIpc) is 3.30. The third-order valence-electron chi connectivity index (χ3n) is 4.39. The number of aromatic nitrogens is 1. The summed E-state index contributed by atoms with van der Waals surface area (Å²) in [5.41, 5.74) is 2.41. The van der Waals surface area contributed by atoms with Crippen molar-refractivity contribution in [1.82, 2.24) is 10.3 Å². The predicted octanol–water partition coefficient (Wildman–Crippen LogP) is 3.62. The number of cyclic esters (lactones) is 1. The molecule has 0 saturated carbocycles. The minimum absolute atomic E-state index is 0.246. The van der Waals surface area contributed by atoms with Gasteiger partial charge < -0.3 is 10.1 Å². The Kier molecular flexibility index (Phi) is 5.05. The third kappa shape index (κ3) is 3.94. The molecular formula is C20H18N2O3S2. The number of fused-ring (bicyclic) bond motifs is 1. The molecular weight excluding hydrogens is 380 g/mol. The van der Waals surface area contributed by atoms with Crippen molar-refractivity contribution in [2.75, 3.05) is 6.54 Å². The molecule has 1 amide bonds. The molecule has 2 aromatic heterocycles. The Bertz CT molecular complexity index is 993. The van der Waals surface area contributed by atoms with E-state index in [0.29, 0.717) is 18.5 Å². The van der Waals surface area contributed by atoms with Gasteiger partial charge in [0.2, 0.25) is 0 Å². The molecule has 0 bridgehead atoms. The molecule has 0 unspecified atom stereocenters. The van der Waals surface area contributed by atoms with Gasteiger partial charge >= 0.3 is 5.97 Å². The topological polar surface area (TPSA) is 68.3 Å². The molecule has 0 saturated heterocycles. The van der Waals surface area contributed by atoms with Crippen LogP contribution in [0.4, 0.5) is 0 Å². The van der Waals surface area contributed by atoms with Crippen LogP contribution < -0.4 is 5.32 Å². The van der Waals surface area contributed by atoms with Crippen LogP contribution in [0.5, 0.6) is 0 Å². The van der Waals surface area contributed by atoms with Gasteiger partial charge in [0.1, 0.15) is 0 Å². The lowest BCUT2D eigenvalue weighted by atomic mass is 9.98. The van der Waals surface area contributed by atoms with Crippen molar-refractivity contribution in [3.8, 4) is 10.6 Å². The second-order valence-electron chi connectivity index (χ2n) is 6.31. The number of hydrogen-bond acceptors (Lipinski definition) is 6. The van der Waals surface area contributed by atoms with Crippen molar-refractivity contribution in [3.05, 3.63) is 62.8 Å². The van der Waals surface area contributed by atoms with Gasteiger partial charge in [-0.25, -0.2) is 9.78 Å². The third-order valence-corrected chi connectivity index (χ3v) is 6.33. The summed E-state index contributed by atoms with van der Waals surface area (Å²) in [6, 6.07) is 11.4. The second-order valence-corrected chi connectivity index (χ2v) is 8.54. The lowest BCUT2D eigenvalue weighted by Crippen LogP contribution is -2.42. The molecule has 27 heavy (non-hydrogen) atoms. The first-order valence-corrected chi connectivity index (χ1v) is 10.4. The van der Waals surface area contributed by atoms with Crippen LogP contribution in [0.3, 0.4) is 0 Å². The van der Waals surface area contributed by atoms with E-state index in [-0.39, 0.29) is 5.91 Å². The van der Waals surface area contributed by atoms with Crippen LogP contribution in [-0.2, 0) is 22.4 Å². The minimum Gasteiger partial charge on any atom is -0.448 e. The summed E-state index contributed by atoms with van der Waals surface area (Å²) in [6.07, 6.45) is 0.390. The normalized spacial score (nSPS) is 15.9. The summed E-state index contributed by atoms with van der Waals surface area (Å²) in [5.74, 6) is -0.678. The summed E-state index contributed by atoms with van der Waals surface area (Å²) in [7, 11) is 0. The van der Waals surface area contributed by atoms with Crippen LogP contribution >= 0.6 is 22.7 Å². The number of rotatable bonds is 5. The number of benzene rings is 1. The number of thiazole rings is 1. The van der Waals surface area contributed by atoms with E-state index in [1.54, 1.807) is 34.8 Å². The van der Waals surface area contributed by atoms with Crippen LogP contribution in [-0.4, -0.2) is 29.5 Å². The van der Waals surface area contributed by atoms with Crippen molar-refractivity contribution in [2.24, 2.45) is 0 Å². The maximum atomic E-state index is 12.4. The molecule has 0 radical (unpaired) electrons. The van der Waals surface area contributed by atoms with Crippen molar-refractivity contribution in [2.45, 2.75) is 25.9 Å². The van der Waals surface area contributed by atoms with Crippen molar-refractivity contribution >= 4 is 34.6 Å². The monoisotopic (exact) mass is 398 g/mol. The summed E-state index contributed by atoms with van der Waals surface area (Å²) in [4.78, 5) is 31.2. The molecule has 1 atom stereocenters. The van der Waals surface area contributed by atoms with Gasteiger partial charge in [-0.1, -0.05) is 18.2 Å². The zero-order chi connectivity index (χ0) is 18.8. The highest BCUT2D eigenvalue weighted by Crippen LogP contribution is 2.29. The fourth-order valence-electron chi connectivity index (χ4n) is 3.03. The van der Waals surface area contributed by atoms with Gasteiger partial charge in [0.05, 0.1) is 21.1 Å². The second kappa shape index (κ2) is 7.62. The smallest absolute Gasteiger partial charge is 0.339 e. The summed E-state index contributed by atoms with van der Waals surface area (Å²) in [6.45, 7) is 2.50. The van der Waals surface area contributed by atoms with Crippen LogP contribution in [0, 0.1) is 6.92 Å². The number of esters is 1. The first-order valence-electron chi connectivity index (χ1n) is 8.68. The number of ether oxygens (including phenoxy) is 1. The zero-order valence-corrected chi connectivity index (χ0v) is 16.4. The SMILES string of the molecule is Cc1nc(-c2ccc(CCNC(=O)[C@H]3Cc4ccccc4C(=O)O3)s2)cs1. The van der Waals surface area contributed by atoms with Gasteiger partial charge in [0, 0.05) is 23.2 Å². The molecule has 1 aromatic carbocycles. The number of nitrogens with zero attached hydrogens (tertiary/aromatic N) is 1. The highest BCUT2D eigenvalue weighted by atomic mass is 32.1. The number of nitrogens with one attached hydrogen (secondary N) is 1. The Morgan fingerprint density at radius 3 is 2.96 bits per heavy atom. The fraction of sp³-hybridized carbons (Fsp3) is 0.250. The highest BCUT2D eigenvalue weighted by molar-refractivity contribution is 7.16. The maximum Gasteiger partial charge on any atom is 0.339 e. The number of aryl methyl sites for hydroxylation is 1. The van der Waals surface area contributed by atoms with Gasteiger partial charge in [-0.15, -0.1) is 22.7 Å². The molecule has 138 valence electrons. The maximum absolute atomic E-state index is 12.4. The minimum atomic E-state index is -0.760. The lowest BCUT2D eigenvalue weighted by Gasteiger charge is -2.23. The molecule has 1 N–H and O–H groups in total. The molecule has 7 heteroatoms. The molecule has 3 heterocycles. The van der Waals surface area contributed by atoms with Crippen molar-refractivity contribution in [3.63, 3.8) is 0 Å². The van der Waals surface area contributed by atoms with E-state index in [4.69, 9.17) is 4.74 Å².